The average molecular weight is 215 g/mol. The van der Waals surface area contributed by atoms with Crippen molar-refractivity contribution in [3.63, 3.8) is 0 Å². The number of hydrogen-bond acceptors (Lipinski definition) is 2. The number of aromatic hydroxyl groups is 1. The van der Waals surface area contributed by atoms with Gasteiger partial charge < -0.3 is 10.2 Å². The predicted octanol–water partition coefficient (Wildman–Crippen LogP) is 1.75. The van der Waals surface area contributed by atoms with E-state index in [9.17, 15) is 4.79 Å². The van der Waals surface area contributed by atoms with Gasteiger partial charge in [-0.25, -0.2) is 4.79 Å². The van der Waals surface area contributed by atoms with Crippen LogP contribution >= 0.6 is 23.2 Å². The first kappa shape index (κ1) is 12.7. The summed E-state index contributed by atoms with van der Waals surface area (Å²) in [6, 6.07) is 2.40. The second-order valence-corrected chi connectivity index (χ2v) is 2.93. The molecule has 1 rings (SSSR count). The molecule has 0 atom stereocenters. The van der Waals surface area contributed by atoms with Gasteiger partial charge in [-0.05, 0) is 12.1 Å². The van der Waals surface area contributed by atoms with Gasteiger partial charge in [0.25, 0.3) is 0 Å². The molecule has 0 aromatic heterocycles. The molecule has 0 aliphatic rings. The van der Waals surface area contributed by atoms with Gasteiger partial charge in [0.15, 0.2) is 0 Å². The first-order valence-electron chi connectivity index (χ1n) is 2.93. The third-order valence-corrected chi connectivity index (χ3v) is 1.76. The molecule has 66 valence electrons. The van der Waals surface area contributed by atoms with Crippen LogP contribution in [0.25, 0.3) is 0 Å². The van der Waals surface area contributed by atoms with Crippen LogP contribution < -0.4 is 0 Å². The van der Waals surface area contributed by atoms with Crippen LogP contribution in [0.2, 0.25) is 10.0 Å². The third kappa shape index (κ3) is 2.82. The molecule has 0 unspecified atom stereocenters. The van der Waals surface area contributed by atoms with Gasteiger partial charge in [0, 0.05) is 5.02 Å². The van der Waals surface area contributed by atoms with Crippen molar-refractivity contribution in [3.8, 4) is 5.75 Å². The van der Waals surface area contributed by atoms with Crippen LogP contribution in [0.4, 0.5) is 0 Å². The number of carbonyl (C=O) groups is 1. The Kier molecular flexibility index (Phi) is 4.66. The van der Waals surface area contributed by atoms with Gasteiger partial charge in [-0.2, -0.15) is 0 Å². The minimum absolute atomic E-state index is 0. The predicted molar refractivity (Wildman–Crippen MR) is 52.2 cm³/mol. The van der Waals surface area contributed by atoms with E-state index in [2.05, 4.69) is 0 Å². The molecule has 1 aromatic rings. The van der Waals surface area contributed by atoms with E-state index in [1.54, 1.807) is 0 Å². The van der Waals surface area contributed by atoms with Gasteiger partial charge >= 0.3 is 24.8 Å². The van der Waals surface area contributed by atoms with Gasteiger partial charge in [0.2, 0.25) is 0 Å². The number of aromatic carboxylic acids is 1. The van der Waals surface area contributed by atoms with Crippen LogP contribution in [0, 0.1) is 0 Å². The Morgan fingerprint density at radius 2 is 1.85 bits per heavy atom. The zero-order valence-electron chi connectivity index (χ0n) is 5.71. The number of halogens is 2. The van der Waals surface area contributed by atoms with Gasteiger partial charge in [-0.15, -0.1) is 0 Å². The zero-order valence-corrected chi connectivity index (χ0v) is 7.23. The van der Waals surface area contributed by atoms with Crippen molar-refractivity contribution >= 4 is 48.0 Å². The molecule has 0 heterocycles. The van der Waals surface area contributed by atoms with Crippen molar-refractivity contribution < 1.29 is 15.0 Å². The van der Waals surface area contributed by atoms with E-state index in [-0.39, 0.29) is 34.5 Å². The molecule has 0 spiro atoms. The number of carboxylic acid groups (broad SMARTS) is 1. The van der Waals surface area contributed by atoms with Crippen LogP contribution in [-0.4, -0.2) is 35.0 Å². The first-order valence-corrected chi connectivity index (χ1v) is 3.69. The summed E-state index contributed by atoms with van der Waals surface area (Å²) >= 11 is 11.0. The van der Waals surface area contributed by atoms with Crippen LogP contribution in [0.5, 0.6) is 5.75 Å². The van der Waals surface area contributed by atoms with E-state index in [4.69, 9.17) is 33.4 Å². The van der Waals surface area contributed by atoms with Crippen molar-refractivity contribution in [1.82, 2.24) is 0 Å². The van der Waals surface area contributed by atoms with E-state index >= 15 is 0 Å². The van der Waals surface area contributed by atoms with Crippen molar-refractivity contribution in [2.45, 2.75) is 0 Å². The van der Waals surface area contributed by atoms with E-state index in [1.807, 2.05) is 0 Å². The number of phenols is 1. The molecule has 0 saturated carbocycles. The molecule has 13 heavy (non-hydrogen) atoms. The van der Waals surface area contributed by atoms with Gasteiger partial charge in [0.05, 0.1) is 5.02 Å². The minimum atomic E-state index is -1.27. The van der Waals surface area contributed by atoms with Crippen molar-refractivity contribution in [3.05, 3.63) is 27.7 Å². The Bertz CT molecular complexity index is 341. The van der Waals surface area contributed by atoms with Crippen LogP contribution in [0.1, 0.15) is 10.4 Å². The fraction of sp³-hybridized carbons (Fsp3) is 0. The Morgan fingerprint density at radius 3 is 2.31 bits per heavy atom. The Labute approximate surface area is 96.5 Å². The molecule has 0 bridgehead atoms. The van der Waals surface area contributed by atoms with Crippen molar-refractivity contribution in [2.24, 2.45) is 0 Å². The summed E-state index contributed by atoms with van der Waals surface area (Å²) in [7, 11) is 0. The molecule has 3 nitrogen and oxygen atoms in total. The average Bonchev–Trinajstić information content (AvgIpc) is 1.96. The van der Waals surface area contributed by atoms with E-state index in [1.165, 1.54) is 6.07 Å². The van der Waals surface area contributed by atoms with Crippen LogP contribution in [0.15, 0.2) is 12.1 Å². The molecule has 6 heteroatoms. The summed E-state index contributed by atoms with van der Waals surface area (Å²) in [4.78, 5) is 10.4. The van der Waals surface area contributed by atoms with E-state index in [0.717, 1.165) is 6.07 Å². The Balaban J connectivity index is 0.00000144. The molecular formula is C7H5Cl2LiO3. The molecule has 0 aliphatic carbocycles. The summed E-state index contributed by atoms with van der Waals surface area (Å²) in [6.07, 6.45) is 0. The molecule has 1 aromatic carbocycles. The standard InChI is InChI=1S/C7H4Cl2O3.Li.H/c8-3-1-4(7(11)12)6(10)5(9)2-3;;/h1-2,10H,(H,11,12);;. The summed E-state index contributed by atoms with van der Waals surface area (Å²) in [6.45, 7) is 0. The van der Waals surface area contributed by atoms with Gasteiger partial charge in [0.1, 0.15) is 11.3 Å². The van der Waals surface area contributed by atoms with E-state index < -0.39 is 11.7 Å². The summed E-state index contributed by atoms with van der Waals surface area (Å²) < 4.78 is 0. The molecule has 0 fully saturated rings. The maximum absolute atomic E-state index is 10.4. The number of rotatable bonds is 1. The van der Waals surface area contributed by atoms with Crippen LogP contribution in [0.3, 0.4) is 0 Å². The SMILES string of the molecule is O=C(O)c1cc(Cl)cc(Cl)c1O.[LiH]. The third-order valence-electron chi connectivity index (χ3n) is 1.26. The topological polar surface area (TPSA) is 57.5 Å². The quantitative estimate of drug-likeness (QED) is 0.701. The second-order valence-electron chi connectivity index (χ2n) is 2.09. The monoisotopic (exact) mass is 214 g/mol. The zero-order chi connectivity index (χ0) is 9.30. The molecular weight excluding hydrogens is 210 g/mol. The van der Waals surface area contributed by atoms with Gasteiger partial charge in [-0.1, -0.05) is 23.2 Å². The fourth-order valence-corrected chi connectivity index (χ4v) is 1.22. The number of benzene rings is 1. The molecule has 0 aliphatic heterocycles. The summed E-state index contributed by atoms with van der Waals surface area (Å²) in [5.74, 6) is -1.73. The number of hydrogen-bond donors (Lipinski definition) is 2. The van der Waals surface area contributed by atoms with Crippen LogP contribution in [-0.2, 0) is 0 Å². The molecule has 0 radical (unpaired) electrons. The Morgan fingerprint density at radius 1 is 1.31 bits per heavy atom. The molecule has 0 saturated heterocycles. The van der Waals surface area contributed by atoms with Crippen molar-refractivity contribution in [2.75, 3.05) is 0 Å². The van der Waals surface area contributed by atoms with Gasteiger partial charge in [-0.3, -0.25) is 0 Å². The normalized spacial score (nSPS) is 9.08. The molecule has 2 N–H and O–H groups in total. The first-order chi connectivity index (χ1) is 5.52. The van der Waals surface area contributed by atoms with Crippen molar-refractivity contribution in [1.29, 1.82) is 0 Å². The van der Waals surface area contributed by atoms with E-state index in [0.29, 0.717) is 0 Å². The molecule has 0 amide bonds. The second kappa shape index (κ2) is 4.78. The maximum atomic E-state index is 10.4. The summed E-state index contributed by atoms with van der Waals surface area (Å²) in [5.41, 5.74) is -0.299. The fourth-order valence-electron chi connectivity index (χ4n) is 0.729. The Hall–Kier alpha value is -0.333. The summed E-state index contributed by atoms with van der Waals surface area (Å²) in [5, 5.41) is 17.8. The number of carboxylic acids is 1.